The van der Waals surface area contributed by atoms with Crippen LogP contribution in [0.25, 0.3) is 0 Å². The van der Waals surface area contributed by atoms with Gasteiger partial charge in [-0.1, -0.05) is 62.2 Å². The lowest BCUT2D eigenvalue weighted by Crippen LogP contribution is -3.10. The molecule has 2 aromatic carbocycles. The third-order valence-corrected chi connectivity index (χ3v) is 5.67. The highest BCUT2D eigenvalue weighted by Crippen LogP contribution is 2.31. The minimum atomic E-state index is -0.491. The highest BCUT2D eigenvalue weighted by atomic mass is 16.5. The van der Waals surface area contributed by atoms with Crippen molar-refractivity contribution in [1.82, 2.24) is 0 Å². The van der Waals surface area contributed by atoms with Gasteiger partial charge in [-0.05, 0) is 29.7 Å². The molecule has 27 heavy (non-hydrogen) atoms. The van der Waals surface area contributed by atoms with Gasteiger partial charge in [0.15, 0.2) is 0 Å². The maximum atomic E-state index is 11.2. The third-order valence-electron chi connectivity index (χ3n) is 5.67. The highest BCUT2D eigenvalue weighted by molar-refractivity contribution is 5.31. The van der Waals surface area contributed by atoms with E-state index in [-0.39, 0.29) is 5.92 Å². The summed E-state index contributed by atoms with van der Waals surface area (Å²) in [6.45, 7) is 6.39. The van der Waals surface area contributed by atoms with Crippen molar-refractivity contribution in [3.05, 3.63) is 65.7 Å². The van der Waals surface area contributed by atoms with Crippen LogP contribution in [0.5, 0.6) is 5.75 Å². The van der Waals surface area contributed by atoms with E-state index in [1.54, 1.807) is 4.90 Å². The number of likely N-dealkylation sites (tertiary alicyclic amines) is 1. The third kappa shape index (κ3) is 5.82. The van der Waals surface area contributed by atoms with Crippen molar-refractivity contribution in [2.24, 2.45) is 0 Å². The minimum Gasteiger partial charge on any atom is -0.494 e. The van der Waals surface area contributed by atoms with Crippen LogP contribution >= 0.6 is 0 Å². The molecule has 0 bridgehead atoms. The van der Waals surface area contributed by atoms with E-state index < -0.39 is 6.10 Å². The van der Waals surface area contributed by atoms with Gasteiger partial charge < -0.3 is 14.7 Å². The van der Waals surface area contributed by atoms with Crippen molar-refractivity contribution in [3.8, 4) is 5.75 Å². The number of aliphatic hydroxyl groups excluding tert-OH is 1. The number of quaternary nitrogens is 1. The van der Waals surface area contributed by atoms with Gasteiger partial charge in [0.1, 0.15) is 5.75 Å². The Labute approximate surface area is 164 Å². The second-order valence-electron chi connectivity index (χ2n) is 7.75. The topological polar surface area (TPSA) is 33.9 Å². The van der Waals surface area contributed by atoms with Crippen LogP contribution in [0.2, 0.25) is 0 Å². The summed E-state index contributed by atoms with van der Waals surface area (Å²) in [6, 6.07) is 18.5. The number of rotatable bonds is 10. The zero-order valence-corrected chi connectivity index (χ0v) is 16.6. The lowest BCUT2D eigenvalue weighted by molar-refractivity contribution is -0.889. The number of ether oxygens (including phenoxy) is 1. The normalized spacial score (nSPS) is 17.0. The summed E-state index contributed by atoms with van der Waals surface area (Å²) >= 11 is 0. The molecule has 2 aromatic rings. The zero-order valence-electron chi connectivity index (χ0n) is 16.6. The Morgan fingerprint density at radius 2 is 1.63 bits per heavy atom. The summed E-state index contributed by atoms with van der Waals surface area (Å²) in [5, 5.41) is 11.2. The molecule has 0 aromatic heterocycles. The average Bonchev–Trinajstić information content (AvgIpc) is 3.23. The Bertz CT molecular complexity index is 650. The molecule has 3 heteroatoms. The van der Waals surface area contributed by atoms with Gasteiger partial charge >= 0.3 is 0 Å². The lowest BCUT2D eigenvalue weighted by atomic mass is 9.88. The van der Waals surface area contributed by atoms with E-state index in [4.69, 9.17) is 4.74 Å². The molecular weight excluding hydrogens is 334 g/mol. The monoisotopic (exact) mass is 368 g/mol. The van der Waals surface area contributed by atoms with E-state index in [9.17, 15) is 5.11 Å². The van der Waals surface area contributed by atoms with Crippen molar-refractivity contribution in [3.63, 3.8) is 0 Å². The van der Waals surface area contributed by atoms with Gasteiger partial charge in [0, 0.05) is 12.8 Å². The summed E-state index contributed by atoms with van der Waals surface area (Å²) in [7, 11) is 0. The van der Waals surface area contributed by atoms with Crippen LogP contribution in [0.4, 0.5) is 0 Å². The number of nitrogens with one attached hydrogen (secondary N) is 1. The van der Waals surface area contributed by atoms with Gasteiger partial charge in [0.25, 0.3) is 0 Å². The van der Waals surface area contributed by atoms with Gasteiger partial charge in [-0.3, -0.25) is 0 Å². The van der Waals surface area contributed by atoms with Crippen LogP contribution in [-0.4, -0.2) is 31.3 Å². The van der Waals surface area contributed by atoms with E-state index in [0.29, 0.717) is 0 Å². The summed E-state index contributed by atoms with van der Waals surface area (Å²) in [5.74, 6) is 1.01. The molecule has 1 saturated heterocycles. The molecule has 3 rings (SSSR count). The predicted molar refractivity (Wildman–Crippen MR) is 110 cm³/mol. The van der Waals surface area contributed by atoms with Crippen LogP contribution in [0.3, 0.4) is 0 Å². The number of hydrogen-bond donors (Lipinski definition) is 2. The molecule has 1 aliphatic heterocycles. The van der Waals surface area contributed by atoms with Crippen molar-refractivity contribution in [1.29, 1.82) is 0 Å². The van der Waals surface area contributed by atoms with Crippen molar-refractivity contribution in [2.75, 3.05) is 26.2 Å². The number of aliphatic hydroxyl groups is 1. The van der Waals surface area contributed by atoms with Crippen molar-refractivity contribution in [2.45, 2.75) is 51.0 Å². The smallest absolute Gasteiger partial charge is 0.119 e. The van der Waals surface area contributed by atoms with Crippen LogP contribution in [0, 0.1) is 0 Å². The fourth-order valence-electron chi connectivity index (χ4n) is 4.04. The van der Waals surface area contributed by atoms with Crippen LogP contribution in [0.15, 0.2) is 54.6 Å². The maximum absolute atomic E-state index is 11.2. The summed E-state index contributed by atoms with van der Waals surface area (Å²) in [5.41, 5.74) is 2.20. The van der Waals surface area contributed by atoms with Gasteiger partial charge in [0.2, 0.25) is 0 Å². The predicted octanol–water partition coefficient (Wildman–Crippen LogP) is 3.75. The first kappa shape index (κ1) is 19.9. The molecule has 0 aliphatic carbocycles. The van der Waals surface area contributed by atoms with Gasteiger partial charge in [-0.25, -0.2) is 0 Å². The van der Waals surface area contributed by atoms with E-state index in [2.05, 4.69) is 31.2 Å². The van der Waals surface area contributed by atoms with Crippen LogP contribution < -0.4 is 9.64 Å². The quantitative estimate of drug-likeness (QED) is 0.626. The Hall–Kier alpha value is -1.84. The Morgan fingerprint density at radius 1 is 0.926 bits per heavy atom. The molecule has 0 saturated carbocycles. The molecule has 3 nitrogen and oxygen atoms in total. The molecule has 1 heterocycles. The average molecular weight is 369 g/mol. The number of hydrogen-bond acceptors (Lipinski definition) is 2. The SMILES string of the molecule is CCCCCOc1ccc([C@@H](O)[C@H](C[NH+]2CCCC2)c2ccccc2)cc1. The Kier molecular flexibility index (Phi) is 7.73. The molecule has 0 radical (unpaired) electrons. The Balaban J connectivity index is 1.68. The standard InChI is InChI=1S/C24H33NO2/c1-2-3-9-18-27-22-14-12-21(13-15-22)24(26)23(19-25-16-7-8-17-25)20-10-5-4-6-11-20/h4-6,10-15,23-24,26H,2-3,7-9,16-19H2,1H3/p+1/t23-,24-/m1/s1. The highest BCUT2D eigenvalue weighted by Gasteiger charge is 2.28. The first-order chi connectivity index (χ1) is 13.3. The maximum Gasteiger partial charge on any atom is 0.119 e. The fraction of sp³-hybridized carbons (Fsp3) is 0.500. The van der Waals surface area contributed by atoms with Crippen LogP contribution in [0.1, 0.15) is 62.2 Å². The summed E-state index contributed by atoms with van der Waals surface area (Å²) in [6.07, 6.45) is 5.61. The first-order valence-corrected chi connectivity index (χ1v) is 10.6. The molecule has 1 aliphatic rings. The molecule has 2 atom stereocenters. The molecular formula is C24H34NO2+. The second kappa shape index (κ2) is 10.5. The molecule has 0 spiro atoms. The number of benzene rings is 2. The Morgan fingerprint density at radius 3 is 2.30 bits per heavy atom. The lowest BCUT2D eigenvalue weighted by Gasteiger charge is -2.26. The van der Waals surface area contributed by atoms with Gasteiger partial charge in [0.05, 0.1) is 38.3 Å². The summed E-state index contributed by atoms with van der Waals surface area (Å²) in [4.78, 5) is 1.61. The van der Waals surface area contributed by atoms with Gasteiger partial charge in [-0.2, -0.15) is 0 Å². The molecule has 146 valence electrons. The fourth-order valence-corrected chi connectivity index (χ4v) is 4.04. The number of unbranched alkanes of at least 4 members (excludes halogenated alkanes) is 2. The first-order valence-electron chi connectivity index (χ1n) is 10.6. The summed E-state index contributed by atoms with van der Waals surface area (Å²) < 4.78 is 5.81. The van der Waals surface area contributed by atoms with E-state index in [1.165, 1.54) is 44.3 Å². The zero-order chi connectivity index (χ0) is 18.9. The van der Waals surface area contributed by atoms with E-state index in [0.717, 1.165) is 30.9 Å². The molecule has 1 fully saturated rings. The van der Waals surface area contributed by atoms with Crippen molar-refractivity contribution >= 4 is 0 Å². The van der Waals surface area contributed by atoms with E-state index in [1.807, 2.05) is 30.3 Å². The molecule has 0 unspecified atom stereocenters. The minimum absolute atomic E-state index is 0.121. The molecule has 2 N–H and O–H groups in total. The van der Waals surface area contributed by atoms with E-state index >= 15 is 0 Å². The second-order valence-corrected chi connectivity index (χ2v) is 7.75. The molecule has 0 amide bonds. The van der Waals surface area contributed by atoms with Crippen LogP contribution in [-0.2, 0) is 0 Å². The largest absolute Gasteiger partial charge is 0.494 e. The van der Waals surface area contributed by atoms with Gasteiger partial charge in [-0.15, -0.1) is 0 Å². The van der Waals surface area contributed by atoms with Crippen molar-refractivity contribution < 1.29 is 14.7 Å².